The van der Waals surface area contributed by atoms with Crippen molar-refractivity contribution in [1.82, 2.24) is 5.32 Å². The van der Waals surface area contributed by atoms with E-state index in [1.165, 1.54) is 0 Å². The fourth-order valence-electron chi connectivity index (χ4n) is 2.87. The van der Waals surface area contributed by atoms with E-state index in [1.54, 1.807) is 30.3 Å². The maximum atomic E-state index is 13.3. The summed E-state index contributed by atoms with van der Waals surface area (Å²) < 4.78 is 67.2. The van der Waals surface area contributed by atoms with Crippen molar-refractivity contribution >= 4 is 23.8 Å². The summed E-state index contributed by atoms with van der Waals surface area (Å²) in [5, 5.41) is 19.2. The lowest BCUT2D eigenvalue weighted by Gasteiger charge is -2.12. The largest absolute Gasteiger partial charge is 0.481 e. The molecule has 0 spiro atoms. The number of Topliss-reactive ketones (excluding diaryl/α,β-unsaturated/α-hetero) is 1. The Kier molecular flexibility index (Phi) is 12.6. The number of alkyl carbamates (subject to hydrolysis) is 1. The molecular weight excluding hydrogens is 558 g/mol. The van der Waals surface area contributed by atoms with Crippen LogP contribution in [0.5, 0.6) is 11.5 Å². The standard InChI is InChI=1S/C15H10F4O3.C12H13NO6/c16-10-3-1-4-11(17)14(10)21-7-9(20)8-22-15-12(18)5-2-6-13(15)19;14-10(15)6-9(11(16)17)13-12(18)19-7-8-4-2-1-3-5-8/h1-6H,7-8H2;1-5,9H,6-7H2,(H,13,18)(H,14,15)(H,16,17)/t;9-/m.0/s1. The molecule has 1 atom stereocenters. The van der Waals surface area contributed by atoms with E-state index in [0.29, 0.717) is 0 Å². The van der Waals surface area contributed by atoms with Gasteiger partial charge in [-0.2, -0.15) is 0 Å². The normalized spacial score (nSPS) is 10.8. The zero-order chi connectivity index (χ0) is 30.4. The molecule has 0 radical (unpaired) electrons. The van der Waals surface area contributed by atoms with Gasteiger partial charge in [0.05, 0.1) is 6.42 Å². The summed E-state index contributed by atoms with van der Waals surface area (Å²) >= 11 is 0. The van der Waals surface area contributed by atoms with Gasteiger partial charge >= 0.3 is 18.0 Å². The van der Waals surface area contributed by atoms with Crippen LogP contribution in [0.3, 0.4) is 0 Å². The number of nitrogens with one attached hydrogen (secondary N) is 1. The van der Waals surface area contributed by atoms with E-state index in [0.717, 1.165) is 42.0 Å². The lowest BCUT2D eigenvalue weighted by Crippen LogP contribution is -2.42. The fourth-order valence-corrected chi connectivity index (χ4v) is 2.87. The van der Waals surface area contributed by atoms with Gasteiger partial charge in [-0.05, 0) is 29.8 Å². The Hall–Kier alpha value is -5.14. The van der Waals surface area contributed by atoms with Gasteiger partial charge in [0.2, 0.25) is 5.78 Å². The van der Waals surface area contributed by atoms with Gasteiger partial charge in [0.25, 0.3) is 0 Å². The number of halogens is 4. The van der Waals surface area contributed by atoms with Crippen LogP contribution in [0.4, 0.5) is 22.4 Å². The second-order valence-electron chi connectivity index (χ2n) is 7.91. The van der Waals surface area contributed by atoms with Gasteiger partial charge in [0.15, 0.2) is 48.0 Å². The number of rotatable bonds is 12. The summed E-state index contributed by atoms with van der Waals surface area (Å²) in [5.74, 6) is -8.76. The minimum absolute atomic E-state index is 0.0217. The van der Waals surface area contributed by atoms with Crippen molar-refractivity contribution in [2.45, 2.75) is 19.1 Å². The summed E-state index contributed by atoms with van der Waals surface area (Å²) in [4.78, 5) is 43.9. The quantitative estimate of drug-likeness (QED) is 0.269. The number of amides is 1. The molecular formula is C27H23F4NO9. The molecule has 3 rings (SSSR count). The molecule has 41 heavy (non-hydrogen) atoms. The van der Waals surface area contributed by atoms with Gasteiger partial charge in [-0.15, -0.1) is 0 Å². The molecule has 10 nitrogen and oxygen atoms in total. The summed E-state index contributed by atoms with van der Waals surface area (Å²) in [5.41, 5.74) is 0.739. The minimum Gasteiger partial charge on any atom is -0.481 e. The van der Waals surface area contributed by atoms with Crippen LogP contribution in [0, 0.1) is 23.3 Å². The van der Waals surface area contributed by atoms with Gasteiger partial charge in [0, 0.05) is 0 Å². The van der Waals surface area contributed by atoms with Crippen LogP contribution in [0.2, 0.25) is 0 Å². The summed E-state index contributed by atoms with van der Waals surface area (Å²) in [6, 6.07) is 13.4. The molecule has 3 aromatic carbocycles. The molecule has 0 aliphatic rings. The number of carbonyl (C=O) groups is 4. The SMILES string of the molecule is O=C(COc1c(F)cccc1F)COc1c(F)cccc1F.O=C(O)C[C@H](NC(=O)OCc1ccccc1)C(=O)O. The Bertz CT molecular complexity index is 1260. The summed E-state index contributed by atoms with van der Waals surface area (Å²) in [6.45, 7) is -1.42. The van der Waals surface area contributed by atoms with Crippen molar-refractivity contribution in [1.29, 1.82) is 0 Å². The van der Waals surface area contributed by atoms with E-state index in [2.05, 4.69) is 0 Å². The topological polar surface area (TPSA) is 148 Å². The van der Waals surface area contributed by atoms with Crippen molar-refractivity contribution in [2.75, 3.05) is 13.2 Å². The number of aliphatic carboxylic acids is 2. The lowest BCUT2D eigenvalue weighted by molar-refractivity contribution is -0.145. The molecule has 0 heterocycles. The van der Waals surface area contributed by atoms with Crippen molar-refractivity contribution < 1.29 is 61.2 Å². The zero-order valence-electron chi connectivity index (χ0n) is 21.0. The van der Waals surface area contributed by atoms with E-state index in [4.69, 9.17) is 24.4 Å². The van der Waals surface area contributed by atoms with Crippen molar-refractivity contribution in [3.8, 4) is 11.5 Å². The lowest BCUT2D eigenvalue weighted by atomic mass is 10.2. The van der Waals surface area contributed by atoms with Crippen LogP contribution in [0.25, 0.3) is 0 Å². The molecule has 0 fully saturated rings. The maximum absolute atomic E-state index is 13.3. The van der Waals surface area contributed by atoms with Crippen LogP contribution < -0.4 is 14.8 Å². The first-order chi connectivity index (χ1) is 19.5. The number of carbonyl (C=O) groups excluding carboxylic acids is 2. The van der Waals surface area contributed by atoms with Crippen LogP contribution in [0.1, 0.15) is 12.0 Å². The number of hydrogen-bond acceptors (Lipinski definition) is 7. The number of benzene rings is 3. The van der Waals surface area contributed by atoms with E-state index in [1.807, 2.05) is 5.32 Å². The van der Waals surface area contributed by atoms with E-state index >= 15 is 0 Å². The second kappa shape index (κ2) is 16.1. The highest BCUT2D eigenvalue weighted by Gasteiger charge is 2.23. The Labute approximate surface area is 230 Å². The van der Waals surface area contributed by atoms with Crippen LogP contribution >= 0.6 is 0 Å². The van der Waals surface area contributed by atoms with Gasteiger partial charge in [-0.3, -0.25) is 9.59 Å². The molecule has 0 aromatic heterocycles. The van der Waals surface area contributed by atoms with E-state index < -0.39 is 84.3 Å². The van der Waals surface area contributed by atoms with Crippen LogP contribution in [-0.4, -0.2) is 53.3 Å². The Morgan fingerprint density at radius 3 is 1.59 bits per heavy atom. The highest BCUT2D eigenvalue weighted by molar-refractivity contribution is 5.84. The fraction of sp³-hybridized carbons (Fsp3) is 0.185. The minimum atomic E-state index is -1.51. The van der Waals surface area contributed by atoms with Crippen molar-refractivity contribution in [3.05, 3.63) is 95.6 Å². The molecule has 0 aliphatic carbocycles. The number of ketones is 1. The summed E-state index contributed by atoms with van der Waals surface area (Å²) in [6.07, 6.45) is -1.69. The van der Waals surface area contributed by atoms with Gasteiger partial charge < -0.3 is 29.7 Å². The first kappa shape index (κ1) is 32.1. The van der Waals surface area contributed by atoms with Crippen molar-refractivity contribution in [2.24, 2.45) is 0 Å². The smallest absolute Gasteiger partial charge is 0.408 e. The third-order valence-electron chi connectivity index (χ3n) is 4.77. The molecule has 14 heteroatoms. The summed E-state index contributed by atoms with van der Waals surface area (Å²) in [7, 11) is 0. The average Bonchev–Trinajstić information content (AvgIpc) is 2.91. The first-order valence-electron chi connectivity index (χ1n) is 11.5. The monoisotopic (exact) mass is 581 g/mol. The van der Waals surface area contributed by atoms with E-state index in [9.17, 15) is 36.7 Å². The molecule has 218 valence electrons. The molecule has 0 bridgehead atoms. The van der Waals surface area contributed by atoms with Crippen LogP contribution in [0.15, 0.2) is 66.7 Å². The Balaban J connectivity index is 0.000000290. The molecule has 0 aliphatic heterocycles. The molecule has 0 saturated heterocycles. The molecule has 0 unspecified atom stereocenters. The number of para-hydroxylation sites is 2. The third-order valence-corrected chi connectivity index (χ3v) is 4.77. The Morgan fingerprint density at radius 2 is 1.17 bits per heavy atom. The van der Waals surface area contributed by atoms with Crippen molar-refractivity contribution in [3.63, 3.8) is 0 Å². The number of carboxylic acids is 2. The highest BCUT2D eigenvalue weighted by atomic mass is 19.1. The Morgan fingerprint density at radius 1 is 0.707 bits per heavy atom. The zero-order valence-corrected chi connectivity index (χ0v) is 21.0. The number of ether oxygens (including phenoxy) is 3. The van der Waals surface area contributed by atoms with Crippen LogP contribution in [-0.2, 0) is 25.7 Å². The van der Waals surface area contributed by atoms with E-state index in [-0.39, 0.29) is 6.61 Å². The molecule has 3 N–H and O–H groups in total. The number of hydrogen-bond donors (Lipinski definition) is 3. The first-order valence-corrected chi connectivity index (χ1v) is 11.5. The third kappa shape index (κ3) is 11.2. The van der Waals surface area contributed by atoms with Gasteiger partial charge in [-0.1, -0.05) is 42.5 Å². The highest BCUT2D eigenvalue weighted by Crippen LogP contribution is 2.22. The van der Waals surface area contributed by atoms with Gasteiger partial charge in [0.1, 0.15) is 12.6 Å². The van der Waals surface area contributed by atoms with Gasteiger partial charge in [-0.25, -0.2) is 27.2 Å². The maximum Gasteiger partial charge on any atom is 0.408 e. The molecule has 0 saturated carbocycles. The number of carboxylic acid groups (broad SMARTS) is 2. The predicted molar refractivity (Wildman–Crippen MR) is 132 cm³/mol. The second-order valence-corrected chi connectivity index (χ2v) is 7.91. The predicted octanol–water partition coefficient (Wildman–Crippen LogP) is 4.11. The molecule has 1 amide bonds. The average molecular weight is 581 g/mol. The molecule has 3 aromatic rings.